The summed E-state index contributed by atoms with van der Waals surface area (Å²) in [6, 6.07) is 14.4. The first-order valence-electron chi connectivity index (χ1n) is 7.51. The van der Waals surface area contributed by atoms with Crippen molar-refractivity contribution in [3.8, 4) is 11.5 Å². The summed E-state index contributed by atoms with van der Waals surface area (Å²) in [5, 5.41) is 19.9. The van der Waals surface area contributed by atoms with E-state index in [2.05, 4.69) is 45.3 Å². The third kappa shape index (κ3) is 2.99. The minimum absolute atomic E-state index is 0.0790. The highest BCUT2D eigenvalue weighted by Crippen LogP contribution is 2.27. The minimum Gasteiger partial charge on any atom is -0.427 e. The molecule has 0 fully saturated rings. The highest BCUT2D eigenvalue weighted by atomic mass is 32.2. The topological polar surface area (TPSA) is 114 Å². The molecule has 2 aromatic rings. The molecule has 2 heterocycles. The van der Waals surface area contributed by atoms with E-state index in [1.807, 2.05) is 12.1 Å². The number of nitrogens with zero attached hydrogens (tertiary/aromatic N) is 4. The van der Waals surface area contributed by atoms with E-state index in [1.54, 1.807) is 11.8 Å². The van der Waals surface area contributed by atoms with Gasteiger partial charge in [-0.1, -0.05) is 30.3 Å². The molecule has 0 unspecified atom stereocenters. The molecule has 2 aliphatic rings. The lowest BCUT2D eigenvalue weighted by atomic mass is 10.1. The average molecular weight is 350 g/mol. The summed E-state index contributed by atoms with van der Waals surface area (Å²) in [6.07, 6.45) is 1.47. The fraction of sp³-hybridized carbons (Fsp3) is 0.0588. The van der Waals surface area contributed by atoms with Crippen LogP contribution in [0.2, 0.25) is 0 Å². The molecule has 0 saturated carbocycles. The fourth-order valence-electron chi connectivity index (χ4n) is 2.59. The summed E-state index contributed by atoms with van der Waals surface area (Å²) in [5.41, 5.74) is 6.47. The zero-order valence-electron chi connectivity index (χ0n) is 13.0. The van der Waals surface area contributed by atoms with E-state index in [9.17, 15) is 5.21 Å². The maximum Gasteiger partial charge on any atom is 0.246 e. The lowest BCUT2D eigenvalue weighted by Crippen LogP contribution is -2.20. The summed E-state index contributed by atoms with van der Waals surface area (Å²) < 4.78 is 0.842. The number of rotatable bonds is 3. The van der Waals surface area contributed by atoms with Crippen LogP contribution in [-0.4, -0.2) is 24.9 Å². The maximum absolute atomic E-state index is 10.1. The first-order valence-corrected chi connectivity index (χ1v) is 8.50. The van der Waals surface area contributed by atoms with Crippen LogP contribution in [0.15, 0.2) is 53.6 Å². The molecule has 124 valence electrons. The standard InChI is InChI=1S/C17H14N6OS/c18-15-14-16(22-17(19)21-15)23(24)8-12(20-14)9-25-13-6-5-10-3-1-2-4-11(10)7-13/h1-8,24H,9H2,(H3,18,19,21). The van der Waals surface area contributed by atoms with Crippen molar-refractivity contribution in [2.24, 2.45) is 0 Å². The van der Waals surface area contributed by atoms with Gasteiger partial charge in [-0.05, 0) is 22.9 Å². The number of thioether (sulfide) groups is 1. The molecule has 2 aliphatic heterocycles. The SMILES string of the molecule is N=c1nc(N)c2nc(CSc3ccc4ccccc4c3)cn(O)c-2n1. The monoisotopic (exact) mass is 350 g/mol. The predicted molar refractivity (Wildman–Crippen MR) is 95.4 cm³/mol. The van der Waals surface area contributed by atoms with Gasteiger partial charge in [-0.25, -0.2) is 4.98 Å². The Kier molecular flexibility index (Phi) is 3.73. The molecule has 0 radical (unpaired) electrons. The van der Waals surface area contributed by atoms with E-state index in [0.717, 1.165) is 9.63 Å². The van der Waals surface area contributed by atoms with Gasteiger partial charge in [0.05, 0.1) is 11.9 Å². The number of nitrogen functional groups attached to an aromatic ring is 1. The number of nitrogens with one attached hydrogen (secondary N) is 1. The number of hydrogen-bond acceptors (Lipinski definition) is 7. The van der Waals surface area contributed by atoms with E-state index >= 15 is 0 Å². The second-order valence-electron chi connectivity index (χ2n) is 5.48. The summed E-state index contributed by atoms with van der Waals surface area (Å²) in [5.74, 6) is 0.754. The van der Waals surface area contributed by atoms with Gasteiger partial charge in [-0.2, -0.15) is 14.7 Å². The van der Waals surface area contributed by atoms with Crippen LogP contribution in [0.4, 0.5) is 5.82 Å². The first-order chi connectivity index (χ1) is 12.1. The molecule has 2 aromatic carbocycles. The normalized spacial score (nSPS) is 11.2. The molecule has 7 nitrogen and oxygen atoms in total. The Morgan fingerprint density at radius 2 is 1.88 bits per heavy atom. The second kappa shape index (κ2) is 6.06. The molecule has 25 heavy (non-hydrogen) atoms. The Morgan fingerprint density at radius 1 is 1.08 bits per heavy atom. The third-order valence-electron chi connectivity index (χ3n) is 3.74. The second-order valence-corrected chi connectivity index (χ2v) is 6.53. The van der Waals surface area contributed by atoms with Crippen molar-refractivity contribution in [2.45, 2.75) is 10.6 Å². The Morgan fingerprint density at radius 3 is 2.72 bits per heavy atom. The molecular formula is C17H14N6OS. The minimum atomic E-state index is -0.257. The van der Waals surface area contributed by atoms with E-state index in [0.29, 0.717) is 11.4 Å². The van der Waals surface area contributed by atoms with Crippen LogP contribution in [-0.2, 0) is 5.75 Å². The number of aromatic nitrogens is 4. The highest BCUT2D eigenvalue weighted by molar-refractivity contribution is 7.98. The zero-order chi connectivity index (χ0) is 17.4. The summed E-state index contributed by atoms with van der Waals surface area (Å²) in [4.78, 5) is 13.2. The summed E-state index contributed by atoms with van der Waals surface area (Å²) in [7, 11) is 0. The van der Waals surface area contributed by atoms with Crippen LogP contribution in [0.5, 0.6) is 0 Å². The maximum atomic E-state index is 10.1. The van der Waals surface area contributed by atoms with Gasteiger partial charge in [0.15, 0.2) is 11.5 Å². The van der Waals surface area contributed by atoms with Gasteiger partial charge < -0.3 is 10.9 Å². The van der Waals surface area contributed by atoms with E-state index in [-0.39, 0.29) is 23.0 Å². The molecule has 8 heteroatoms. The van der Waals surface area contributed by atoms with E-state index < -0.39 is 0 Å². The van der Waals surface area contributed by atoms with Gasteiger partial charge >= 0.3 is 0 Å². The van der Waals surface area contributed by atoms with Crippen LogP contribution in [0.1, 0.15) is 5.69 Å². The van der Waals surface area contributed by atoms with E-state index in [4.69, 9.17) is 11.1 Å². The van der Waals surface area contributed by atoms with Crippen LogP contribution >= 0.6 is 11.8 Å². The van der Waals surface area contributed by atoms with Crippen LogP contribution in [0.25, 0.3) is 22.3 Å². The Labute approximate surface area is 147 Å². The number of fused-ring (bicyclic) bond motifs is 2. The zero-order valence-corrected chi connectivity index (χ0v) is 13.9. The van der Waals surface area contributed by atoms with Crippen molar-refractivity contribution in [3.63, 3.8) is 0 Å². The van der Waals surface area contributed by atoms with Crippen molar-refractivity contribution < 1.29 is 5.21 Å². The molecule has 0 saturated heterocycles. The van der Waals surface area contributed by atoms with E-state index in [1.165, 1.54) is 17.0 Å². The Bertz CT molecular complexity index is 1110. The molecule has 0 spiro atoms. The summed E-state index contributed by atoms with van der Waals surface area (Å²) >= 11 is 1.61. The van der Waals surface area contributed by atoms with Crippen LogP contribution < -0.4 is 11.4 Å². The van der Waals surface area contributed by atoms with Crippen LogP contribution in [0.3, 0.4) is 0 Å². The molecule has 4 N–H and O–H groups in total. The smallest absolute Gasteiger partial charge is 0.246 e. The number of anilines is 1. The van der Waals surface area contributed by atoms with Crippen molar-refractivity contribution in [3.05, 3.63) is 60.0 Å². The fourth-order valence-corrected chi connectivity index (χ4v) is 3.41. The quantitative estimate of drug-likeness (QED) is 0.386. The molecule has 0 bridgehead atoms. The molecule has 0 atom stereocenters. The number of benzene rings is 2. The molecule has 4 rings (SSSR count). The van der Waals surface area contributed by atoms with Gasteiger partial charge in [0.2, 0.25) is 11.4 Å². The molecular weight excluding hydrogens is 336 g/mol. The molecule has 0 aliphatic carbocycles. The Balaban J connectivity index is 1.64. The van der Waals surface area contributed by atoms with Crippen molar-refractivity contribution in [2.75, 3.05) is 5.73 Å². The Hall–Kier alpha value is -3.13. The third-order valence-corrected chi connectivity index (χ3v) is 4.77. The van der Waals surface area contributed by atoms with Gasteiger partial charge in [0, 0.05) is 10.6 Å². The van der Waals surface area contributed by atoms with Gasteiger partial charge in [-0.3, -0.25) is 5.41 Å². The molecule has 0 amide bonds. The first kappa shape index (κ1) is 15.4. The number of nitrogens with two attached hydrogens (primary N) is 1. The lowest BCUT2D eigenvalue weighted by molar-refractivity contribution is 0.184. The largest absolute Gasteiger partial charge is 0.427 e. The van der Waals surface area contributed by atoms with Crippen molar-refractivity contribution in [1.82, 2.24) is 19.7 Å². The summed E-state index contributed by atoms with van der Waals surface area (Å²) in [6.45, 7) is 0. The van der Waals surface area contributed by atoms with Crippen molar-refractivity contribution >= 4 is 28.4 Å². The van der Waals surface area contributed by atoms with Crippen molar-refractivity contribution in [1.29, 1.82) is 5.41 Å². The lowest BCUT2D eigenvalue weighted by Gasteiger charge is -2.12. The van der Waals surface area contributed by atoms with Gasteiger partial charge in [0.25, 0.3) is 0 Å². The number of hydrogen-bond donors (Lipinski definition) is 3. The van der Waals surface area contributed by atoms with Gasteiger partial charge in [-0.15, -0.1) is 11.8 Å². The molecule has 0 aromatic heterocycles. The highest BCUT2D eigenvalue weighted by Gasteiger charge is 2.16. The van der Waals surface area contributed by atoms with Gasteiger partial charge in [0.1, 0.15) is 0 Å². The average Bonchev–Trinajstić information content (AvgIpc) is 2.61. The predicted octanol–water partition coefficient (Wildman–Crippen LogP) is 2.52. The van der Waals surface area contributed by atoms with Crippen LogP contribution in [0, 0.1) is 5.41 Å².